The van der Waals surface area contributed by atoms with E-state index in [0.717, 1.165) is 11.3 Å². The second-order valence-electron chi connectivity index (χ2n) is 7.09. The van der Waals surface area contributed by atoms with E-state index in [0.29, 0.717) is 19.3 Å². The molecule has 1 fully saturated rings. The minimum Gasteiger partial charge on any atom is -0.460 e. The summed E-state index contributed by atoms with van der Waals surface area (Å²) in [7, 11) is 0. The number of carbonyl (C=O) groups excluding carboxylic acids is 3. The van der Waals surface area contributed by atoms with E-state index < -0.39 is 35.4 Å². The Balaban J connectivity index is 3.03. The molecule has 140 valence electrons. The molecular formula is C19H29NO5. The zero-order chi connectivity index (χ0) is 19.0. The van der Waals surface area contributed by atoms with Gasteiger partial charge in [-0.15, -0.1) is 13.2 Å². The maximum absolute atomic E-state index is 12.8. The lowest BCUT2D eigenvalue weighted by Crippen LogP contribution is -2.43. The molecule has 0 aromatic carbocycles. The van der Waals surface area contributed by atoms with Crippen LogP contribution in [0.1, 0.15) is 46.5 Å². The van der Waals surface area contributed by atoms with Gasteiger partial charge in [-0.05, 0) is 46.5 Å². The first-order valence-corrected chi connectivity index (χ1v) is 8.64. The molecule has 0 aromatic heterocycles. The number of hydrogen-bond donors (Lipinski definition) is 0. The van der Waals surface area contributed by atoms with Gasteiger partial charge < -0.3 is 9.47 Å². The summed E-state index contributed by atoms with van der Waals surface area (Å²) in [6.45, 7) is 13.1. The zero-order valence-electron chi connectivity index (χ0n) is 15.5. The number of imide groups is 1. The molecule has 6 heteroatoms. The topological polar surface area (TPSA) is 72.9 Å². The summed E-state index contributed by atoms with van der Waals surface area (Å²) in [5, 5.41) is 0. The van der Waals surface area contributed by atoms with Crippen molar-refractivity contribution in [3.05, 3.63) is 25.3 Å². The average Bonchev–Trinajstić information content (AvgIpc) is 2.93. The number of amides is 2. The van der Waals surface area contributed by atoms with Crippen LogP contribution in [0.2, 0.25) is 0 Å². The van der Waals surface area contributed by atoms with Crippen molar-refractivity contribution in [3.8, 4) is 0 Å². The van der Waals surface area contributed by atoms with E-state index in [9.17, 15) is 14.4 Å². The third kappa shape index (κ3) is 6.36. The molecule has 0 spiro atoms. The van der Waals surface area contributed by atoms with Crippen LogP contribution in [0.4, 0.5) is 4.79 Å². The molecule has 1 aliphatic rings. The Morgan fingerprint density at radius 2 is 1.96 bits per heavy atom. The quantitative estimate of drug-likeness (QED) is 0.361. The fourth-order valence-electron chi connectivity index (χ4n) is 2.75. The lowest BCUT2D eigenvalue weighted by molar-refractivity contribution is -0.165. The minimum absolute atomic E-state index is 0.180. The van der Waals surface area contributed by atoms with E-state index in [1.54, 1.807) is 32.9 Å². The maximum Gasteiger partial charge on any atom is 0.416 e. The zero-order valence-corrected chi connectivity index (χ0v) is 15.5. The van der Waals surface area contributed by atoms with E-state index in [1.807, 2.05) is 0 Å². The van der Waals surface area contributed by atoms with Crippen molar-refractivity contribution in [2.45, 2.75) is 52.1 Å². The largest absolute Gasteiger partial charge is 0.460 e. The number of rotatable bonds is 9. The predicted molar refractivity (Wildman–Crippen MR) is 94.7 cm³/mol. The summed E-state index contributed by atoms with van der Waals surface area (Å²) in [5.74, 6) is -2.16. The Morgan fingerprint density at radius 1 is 1.28 bits per heavy atom. The Hall–Kier alpha value is -2.11. The van der Waals surface area contributed by atoms with Gasteiger partial charge >= 0.3 is 12.1 Å². The molecule has 1 aliphatic heterocycles. The first-order chi connectivity index (χ1) is 11.7. The molecule has 0 N–H and O–H groups in total. The first-order valence-electron chi connectivity index (χ1n) is 8.64. The Kier molecular flexibility index (Phi) is 7.87. The third-order valence-electron chi connectivity index (χ3n) is 3.88. The maximum atomic E-state index is 12.8. The molecule has 25 heavy (non-hydrogen) atoms. The number of cyclic esters (lactones) is 1. The third-order valence-corrected chi connectivity index (χ3v) is 3.88. The highest BCUT2D eigenvalue weighted by Crippen LogP contribution is 2.29. The van der Waals surface area contributed by atoms with Crippen LogP contribution >= 0.6 is 0 Å². The van der Waals surface area contributed by atoms with E-state index in [1.165, 1.54) is 0 Å². The second-order valence-corrected chi connectivity index (χ2v) is 7.09. The molecule has 0 aromatic rings. The van der Waals surface area contributed by atoms with Crippen molar-refractivity contribution < 1.29 is 23.9 Å². The van der Waals surface area contributed by atoms with Crippen LogP contribution in [0.25, 0.3) is 0 Å². The fraction of sp³-hybridized carbons (Fsp3) is 0.632. The number of hydrogen-bond acceptors (Lipinski definition) is 5. The molecule has 0 saturated carbocycles. The number of ether oxygens (including phenoxy) is 2. The lowest BCUT2D eigenvalue weighted by atomic mass is 9.84. The van der Waals surface area contributed by atoms with Gasteiger partial charge in [0.15, 0.2) is 0 Å². The smallest absolute Gasteiger partial charge is 0.416 e. The summed E-state index contributed by atoms with van der Waals surface area (Å²) in [5.41, 5.74) is -0.651. The number of unbranched alkanes of at least 4 members (excludes halogenated alkanes) is 1. The van der Waals surface area contributed by atoms with Gasteiger partial charge in [-0.1, -0.05) is 12.2 Å². The van der Waals surface area contributed by atoms with Crippen molar-refractivity contribution >= 4 is 18.0 Å². The summed E-state index contributed by atoms with van der Waals surface area (Å²) >= 11 is 0. The molecule has 2 atom stereocenters. The molecule has 0 aliphatic carbocycles. The number of carbonyl (C=O) groups is 3. The highest BCUT2D eigenvalue weighted by molar-refractivity contribution is 5.96. The average molecular weight is 351 g/mol. The fourth-order valence-corrected chi connectivity index (χ4v) is 2.75. The second kappa shape index (κ2) is 9.39. The Morgan fingerprint density at radius 3 is 2.44 bits per heavy atom. The van der Waals surface area contributed by atoms with Crippen LogP contribution in [0.5, 0.6) is 0 Å². The van der Waals surface area contributed by atoms with Crippen LogP contribution in [-0.4, -0.2) is 41.6 Å². The van der Waals surface area contributed by atoms with Crippen molar-refractivity contribution in [3.63, 3.8) is 0 Å². The van der Waals surface area contributed by atoms with Crippen LogP contribution in [0.15, 0.2) is 25.3 Å². The predicted octanol–water partition coefficient (Wildman–Crippen LogP) is 3.47. The molecule has 0 bridgehead atoms. The standard InChI is InChI=1S/C19H29NO5/c1-6-8-9-11-15(17(22)25-19(3,4)5)14(10-7-2)16(21)20-12-13-24-18(20)23/h6-7,14-15H,1-2,8-13H2,3-5H3/t14-,15+/m0/s1. The highest BCUT2D eigenvalue weighted by atomic mass is 16.6. The molecule has 1 rings (SSSR count). The summed E-state index contributed by atoms with van der Waals surface area (Å²) in [6.07, 6.45) is 4.92. The van der Waals surface area contributed by atoms with Crippen molar-refractivity contribution in [1.29, 1.82) is 0 Å². The van der Waals surface area contributed by atoms with E-state index in [-0.39, 0.29) is 13.2 Å². The lowest BCUT2D eigenvalue weighted by Gasteiger charge is -2.29. The molecule has 0 radical (unpaired) electrons. The first kappa shape index (κ1) is 20.9. The van der Waals surface area contributed by atoms with Gasteiger partial charge in [-0.25, -0.2) is 9.69 Å². The van der Waals surface area contributed by atoms with Crippen molar-refractivity contribution in [2.75, 3.05) is 13.2 Å². The summed E-state index contributed by atoms with van der Waals surface area (Å²) < 4.78 is 10.4. The Bertz CT molecular complexity index is 520. The molecule has 1 heterocycles. The molecule has 1 saturated heterocycles. The number of allylic oxidation sites excluding steroid dienone is 2. The summed E-state index contributed by atoms with van der Waals surface area (Å²) in [4.78, 5) is 38.3. The monoisotopic (exact) mass is 351 g/mol. The molecular weight excluding hydrogens is 322 g/mol. The van der Waals surface area contributed by atoms with E-state index in [2.05, 4.69) is 13.2 Å². The molecule has 6 nitrogen and oxygen atoms in total. The van der Waals surface area contributed by atoms with Gasteiger partial charge in [0.05, 0.1) is 18.4 Å². The minimum atomic E-state index is -0.692. The van der Waals surface area contributed by atoms with Gasteiger partial charge in [0, 0.05) is 0 Å². The molecule has 0 unspecified atom stereocenters. The van der Waals surface area contributed by atoms with Crippen molar-refractivity contribution in [2.24, 2.45) is 11.8 Å². The van der Waals surface area contributed by atoms with Gasteiger partial charge in [0.1, 0.15) is 12.2 Å². The van der Waals surface area contributed by atoms with Gasteiger partial charge in [-0.3, -0.25) is 9.59 Å². The van der Waals surface area contributed by atoms with E-state index >= 15 is 0 Å². The Labute approximate surface area is 149 Å². The highest BCUT2D eigenvalue weighted by Gasteiger charge is 2.40. The molecule has 2 amide bonds. The van der Waals surface area contributed by atoms with Gasteiger partial charge in [-0.2, -0.15) is 0 Å². The van der Waals surface area contributed by atoms with Crippen LogP contribution in [0.3, 0.4) is 0 Å². The van der Waals surface area contributed by atoms with Crippen LogP contribution < -0.4 is 0 Å². The van der Waals surface area contributed by atoms with Gasteiger partial charge in [0.2, 0.25) is 5.91 Å². The number of esters is 1. The summed E-state index contributed by atoms with van der Waals surface area (Å²) in [6, 6.07) is 0. The SMILES string of the molecule is C=CCCC[C@@H](C(=O)OC(C)(C)C)[C@H](CC=C)C(=O)N1CCOC1=O. The van der Waals surface area contributed by atoms with Crippen LogP contribution in [0, 0.1) is 11.8 Å². The normalized spacial score (nSPS) is 16.8. The number of nitrogens with zero attached hydrogens (tertiary/aromatic N) is 1. The van der Waals surface area contributed by atoms with Gasteiger partial charge in [0.25, 0.3) is 0 Å². The van der Waals surface area contributed by atoms with E-state index in [4.69, 9.17) is 9.47 Å². The van der Waals surface area contributed by atoms with Crippen molar-refractivity contribution in [1.82, 2.24) is 4.90 Å². The van der Waals surface area contributed by atoms with Crippen LogP contribution in [-0.2, 0) is 19.1 Å².